The smallest absolute Gasteiger partial charge is 0.255 e. The van der Waals surface area contributed by atoms with Crippen LogP contribution in [0.3, 0.4) is 0 Å². The summed E-state index contributed by atoms with van der Waals surface area (Å²) in [7, 11) is 0.218. The van der Waals surface area contributed by atoms with Crippen molar-refractivity contribution in [3.8, 4) is 0 Å². The molecule has 154 valence electrons. The number of carbonyl (C=O) groups excluding carboxylic acids is 2. The number of carbonyl (C=O) groups is 2. The molecule has 0 radical (unpaired) electrons. The van der Waals surface area contributed by atoms with Crippen molar-refractivity contribution < 1.29 is 18.0 Å². The molecule has 1 aromatic heterocycles. The van der Waals surface area contributed by atoms with Crippen molar-refractivity contribution >= 4 is 21.8 Å². The molecule has 2 saturated heterocycles. The summed E-state index contributed by atoms with van der Waals surface area (Å²) in [6, 6.07) is 2.65. The molecule has 2 aliphatic rings. The monoisotopic (exact) mass is 408 g/mol. The maximum atomic E-state index is 13.2. The molecular weight excluding hydrogens is 380 g/mol. The minimum Gasteiger partial charge on any atom is -0.333 e. The number of likely N-dealkylation sites (tertiary alicyclic amines) is 1. The van der Waals surface area contributed by atoms with Crippen molar-refractivity contribution in [2.75, 3.05) is 26.9 Å². The van der Waals surface area contributed by atoms with E-state index in [1.807, 2.05) is 38.9 Å². The maximum Gasteiger partial charge on any atom is 0.255 e. The Hall–Kier alpha value is -2.00. The molecule has 0 unspecified atom stereocenters. The molecular formula is C19H28N4O4S. The molecule has 3 heterocycles. The van der Waals surface area contributed by atoms with Gasteiger partial charge in [0.2, 0.25) is 15.9 Å². The third-order valence-corrected chi connectivity index (χ3v) is 6.64. The highest BCUT2D eigenvalue weighted by molar-refractivity contribution is 7.88. The molecule has 2 amide bonds. The first kappa shape index (κ1) is 20.7. The van der Waals surface area contributed by atoms with E-state index in [4.69, 9.17) is 0 Å². The lowest BCUT2D eigenvalue weighted by Gasteiger charge is -2.29. The van der Waals surface area contributed by atoms with Crippen molar-refractivity contribution in [2.45, 2.75) is 38.9 Å². The van der Waals surface area contributed by atoms with Crippen LogP contribution in [0.25, 0.3) is 0 Å². The summed E-state index contributed by atoms with van der Waals surface area (Å²) < 4.78 is 25.4. The van der Waals surface area contributed by atoms with E-state index in [2.05, 4.69) is 4.98 Å². The number of hydrogen-bond acceptors (Lipinski definition) is 6. The van der Waals surface area contributed by atoms with Gasteiger partial charge in [-0.15, -0.1) is 0 Å². The van der Waals surface area contributed by atoms with Gasteiger partial charge >= 0.3 is 0 Å². The summed E-state index contributed by atoms with van der Waals surface area (Å²) >= 11 is 0. The van der Waals surface area contributed by atoms with Crippen molar-refractivity contribution in [3.05, 3.63) is 29.6 Å². The van der Waals surface area contributed by atoms with Crippen LogP contribution in [0.1, 0.15) is 36.3 Å². The van der Waals surface area contributed by atoms with E-state index < -0.39 is 33.9 Å². The molecule has 8 nitrogen and oxygen atoms in total. The number of nitrogens with zero attached hydrogens (tertiary/aromatic N) is 4. The third kappa shape index (κ3) is 3.65. The van der Waals surface area contributed by atoms with Gasteiger partial charge in [0.25, 0.3) is 5.91 Å². The highest BCUT2D eigenvalue weighted by atomic mass is 32.2. The zero-order chi connectivity index (χ0) is 20.8. The van der Waals surface area contributed by atoms with Crippen molar-refractivity contribution in [2.24, 2.45) is 11.8 Å². The number of amides is 2. The van der Waals surface area contributed by atoms with Gasteiger partial charge in [0, 0.05) is 19.3 Å². The number of fused-ring (bicyclic) bond motifs is 1. The Kier molecular flexibility index (Phi) is 5.51. The lowest BCUT2D eigenvalue weighted by Crippen LogP contribution is -2.44. The molecule has 28 heavy (non-hydrogen) atoms. The first-order valence-corrected chi connectivity index (χ1v) is 11.3. The predicted octanol–water partition coefficient (Wildman–Crippen LogP) is 0.800. The molecule has 0 N–H and O–H groups in total. The van der Waals surface area contributed by atoms with E-state index in [1.165, 1.54) is 0 Å². The van der Waals surface area contributed by atoms with Crippen molar-refractivity contribution in [1.82, 2.24) is 19.1 Å². The normalized spacial score (nSPS) is 25.1. The fourth-order valence-corrected chi connectivity index (χ4v) is 5.58. The van der Waals surface area contributed by atoms with Crippen LogP contribution in [-0.2, 0) is 21.4 Å². The number of aromatic nitrogens is 1. The second-order valence-electron chi connectivity index (χ2n) is 8.29. The second kappa shape index (κ2) is 7.44. The Balaban J connectivity index is 1.89. The summed E-state index contributed by atoms with van der Waals surface area (Å²) in [4.78, 5) is 34.0. The van der Waals surface area contributed by atoms with Gasteiger partial charge in [-0.3, -0.25) is 14.6 Å². The lowest BCUT2D eigenvalue weighted by molar-refractivity contribution is -0.129. The largest absolute Gasteiger partial charge is 0.333 e. The van der Waals surface area contributed by atoms with E-state index >= 15 is 0 Å². The van der Waals surface area contributed by atoms with Crippen LogP contribution in [0, 0.1) is 11.8 Å². The van der Waals surface area contributed by atoms with Crippen LogP contribution in [-0.4, -0.2) is 78.3 Å². The van der Waals surface area contributed by atoms with Gasteiger partial charge in [-0.05, 0) is 38.6 Å². The Bertz CT molecular complexity index is 866. The topological polar surface area (TPSA) is 90.9 Å². The summed E-state index contributed by atoms with van der Waals surface area (Å²) in [5, 5.41) is 0. The van der Waals surface area contributed by atoms with Gasteiger partial charge in [0.05, 0.1) is 35.5 Å². The third-order valence-electron chi connectivity index (χ3n) is 5.48. The first-order valence-electron chi connectivity index (χ1n) is 9.46. The first-order chi connectivity index (χ1) is 13.0. The molecule has 3 rings (SSSR count). The quantitative estimate of drug-likeness (QED) is 0.716. The highest BCUT2D eigenvalue weighted by Crippen LogP contribution is 2.41. The van der Waals surface area contributed by atoms with Crippen LogP contribution in [0.4, 0.5) is 0 Å². The average molecular weight is 409 g/mol. The van der Waals surface area contributed by atoms with Crippen LogP contribution in [0.15, 0.2) is 18.3 Å². The lowest BCUT2D eigenvalue weighted by atomic mass is 9.88. The van der Waals surface area contributed by atoms with Crippen LogP contribution in [0.5, 0.6) is 0 Å². The molecule has 0 aromatic carbocycles. The SMILES string of the molecule is CC(C)[C@H]1C(=O)N(S(C)(=O)=O)[C@H]2CCN(C(=O)c3ccc(CN(C)C)nc3)[C@H]12. The van der Waals surface area contributed by atoms with Crippen LogP contribution in [0.2, 0.25) is 0 Å². The number of rotatable bonds is 5. The van der Waals surface area contributed by atoms with Gasteiger partial charge in [0.15, 0.2) is 0 Å². The second-order valence-corrected chi connectivity index (χ2v) is 10.1. The van der Waals surface area contributed by atoms with E-state index in [0.717, 1.165) is 16.3 Å². The van der Waals surface area contributed by atoms with Crippen molar-refractivity contribution in [3.63, 3.8) is 0 Å². The van der Waals surface area contributed by atoms with E-state index in [9.17, 15) is 18.0 Å². The van der Waals surface area contributed by atoms with Crippen LogP contribution < -0.4 is 0 Å². The molecule has 1 aromatic rings. The van der Waals surface area contributed by atoms with Gasteiger partial charge in [-0.1, -0.05) is 13.8 Å². The Morgan fingerprint density at radius 1 is 1.32 bits per heavy atom. The zero-order valence-corrected chi connectivity index (χ0v) is 17.8. The number of pyridine rings is 1. The number of sulfonamides is 1. The summed E-state index contributed by atoms with van der Waals surface area (Å²) in [5.41, 5.74) is 1.32. The Labute approximate surface area is 166 Å². The maximum absolute atomic E-state index is 13.2. The van der Waals surface area contributed by atoms with Crippen molar-refractivity contribution in [1.29, 1.82) is 0 Å². The fraction of sp³-hybridized carbons (Fsp3) is 0.632. The summed E-state index contributed by atoms with van der Waals surface area (Å²) in [6.45, 7) is 4.89. The Morgan fingerprint density at radius 3 is 2.50 bits per heavy atom. The Morgan fingerprint density at radius 2 is 2.00 bits per heavy atom. The molecule has 2 aliphatic heterocycles. The molecule has 0 aliphatic carbocycles. The minimum absolute atomic E-state index is 0.0688. The molecule has 0 saturated carbocycles. The standard InChI is InChI=1S/C19H28N4O4S/c1-12(2)16-17-15(23(19(16)25)28(5,26)27)8-9-22(17)18(24)13-6-7-14(20-10-13)11-21(3)4/h6-7,10,12,15-17H,8-9,11H2,1-5H3/t15-,16+,17-/m0/s1. The molecule has 0 spiro atoms. The summed E-state index contributed by atoms with van der Waals surface area (Å²) in [5.74, 6) is -1.19. The van der Waals surface area contributed by atoms with Gasteiger partial charge in [-0.25, -0.2) is 12.7 Å². The highest BCUT2D eigenvalue weighted by Gasteiger charge is 2.58. The average Bonchev–Trinajstić information content (AvgIpc) is 3.09. The van der Waals surface area contributed by atoms with E-state index in [-0.39, 0.29) is 11.8 Å². The van der Waals surface area contributed by atoms with Gasteiger partial charge in [-0.2, -0.15) is 0 Å². The molecule has 9 heteroatoms. The molecule has 0 bridgehead atoms. The fourth-order valence-electron chi connectivity index (χ4n) is 4.40. The minimum atomic E-state index is -3.67. The molecule has 3 atom stereocenters. The van der Waals surface area contributed by atoms with Gasteiger partial charge < -0.3 is 9.80 Å². The van der Waals surface area contributed by atoms with E-state index in [0.29, 0.717) is 25.1 Å². The predicted molar refractivity (Wildman–Crippen MR) is 105 cm³/mol. The van der Waals surface area contributed by atoms with E-state index in [1.54, 1.807) is 17.2 Å². The van der Waals surface area contributed by atoms with Crippen LogP contribution >= 0.6 is 0 Å². The number of hydrogen-bond donors (Lipinski definition) is 0. The zero-order valence-electron chi connectivity index (χ0n) is 17.0. The summed E-state index contributed by atoms with van der Waals surface area (Å²) in [6.07, 6.45) is 3.08. The van der Waals surface area contributed by atoms with Gasteiger partial charge in [0.1, 0.15) is 0 Å². The molecule has 2 fully saturated rings.